The Morgan fingerprint density at radius 3 is 2.61 bits per heavy atom. The lowest BCUT2D eigenvalue weighted by atomic mass is 9.94. The molecule has 2 N–H and O–H groups in total. The van der Waals surface area contributed by atoms with E-state index in [9.17, 15) is 13.2 Å². The first-order valence-electron chi connectivity index (χ1n) is 9.28. The second kappa shape index (κ2) is 7.73. The van der Waals surface area contributed by atoms with Gasteiger partial charge in [-0.3, -0.25) is 4.79 Å². The molecule has 6 heteroatoms. The lowest BCUT2D eigenvalue weighted by Gasteiger charge is -2.23. The summed E-state index contributed by atoms with van der Waals surface area (Å²) in [6, 6.07) is 17.0. The maximum atomic E-state index is 12.7. The van der Waals surface area contributed by atoms with E-state index in [-0.39, 0.29) is 11.5 Å². The highest BCUT2D eigenvalue weighted by Crippen LogP contribution is 2.24. The zero-order chi connectivity index (χ0) is 19.6. The zero-order valence-corrected chi connectivity index (χ0v) is 16.2. The van der Waals surface area contributed by atoms with Crippen molar-refractivity contribution < 1.29 is 13.2 Å². The molecule has 28 heavy (non-hydrogen) atoms. The van der Waals surface area contributed by atoms with Crippen molar-refractivity contribution >= 4 is 32.1 Å². The highest BCUT2D eigenvalue weighted by atomic mass is 32.2. The minimum absolute atomic E-state index is 0.142. The summed E-state index contributed by atoms with van der Waals surface area (Å²) in [5, 5.41) is 4.01. The molecule has 0 amide bonds. The van der Waals surface area contributed by atoms with Crippen LogP contribution in [-0.4, -0.2) is 37.5 Å². The number of hydrogen-bond donors (Lipinski definition) is 2. The standard InChI is InChI=1S/C22H22N2O3S/c25-22(21-12-17(10-11-23-21)16-6-2-1-3-7-16)15-28(26,27)14-18-13-24-20-9-5-4-8-19(18)20/h1-10,13,21,23-24H,11-12,14-15H2. The van der Waals surface area contributed by atoms with Crippen LogP contribution >= 0.6 is 0 Å². The largest absolute Gasteiger partial charge is 0.361 e. The van der Waals surface area contributed by atoms with Gasteiger partial charge in [0.15, 0.2) is 15.6 Å². The molecule has 1 aromatic heterocycles. The van der Waals surface area contributed by atoms with E-state index in [2.05, 4.69) is 16.4 Å². The third-order valence-electron chi connectivity index (χ3n) is 5.08. The van der Waals surface area contributed by atoms with E-state index >= 15 is 0 Å². The Bertz CT molecular complexity index is 1130. The van der Waals surface area contributed by atoms with Crippen LogP contribution in [0.25, 0.3) is 16.5 Å². The number of hydrogen-bond acceptors (Lipinski definition) is 4. The number of carbonyl (C=O) groups is 1. The van der Waals surface area contributed by atoms with E-state index in [0.29, 0.717) is 18.5 Å². The van der Waals surface area contributed by atoms with Gasteiger partial charge in [0, 0.05) is 23.6 Å². The molecule has 1 aliphatic heterocycles. The third kappa shape index (κ3) is 4.08. The molecular weight excluding hydrogens is 372 g/mol. The predicted molar refractivity (Wildman–Crippen MR) is 112 cm³/mol. The summed E-state index contributed by atoms with van der Waals surface area (Å²) in [7, 11) is -3.56. The highest BCUT2D eigenvalue weighted by molar-refractivity contribution is 7.91. The Hall–Kier alpha value is -2.70. The van der Waals surface area contributed by atoms with E-state index in [1.54, 1.807) is 6.20 Å². The van der Waals surface area contributed by atoms with Gasteiger partial charge in [-0.2, -0.15) is 0 Å². The van der Waals surface area contributed by atoms with Crippen molar-refractivity contribution in [1.82, 2.24) is 10.3 Å². The minimum Gasteiger partial charge on any atom is -0.361 e. The van der Waals surface area contributed by atoms with E-state index in [0.717, 1.165) is 22.0 Å². The van der Waals surface area contributed by atoms with Crippen LogP contribution in [0, 0.1) is 0 Å². The van der Waals surface area contributed by atoms with Crippen LogP contribution in [0.2, 0.25) is 0 Å². The number of nitrogens with one attached hydrogen (secondary N) is 2. The molecular formula is C22H22N2O3S. The third-order valence-corrected chi connectivity index (χ3v) is 6.56. The van der Waals surface area contributed by atoms with Crippen LogP contribution in [0.4, 0.5) is 0 Å². The molecule has 1 aliphatic rings. The average Bonchev–Trinajstić information content (AvgIpc) is 3.11. The fraction of sp³-hybridized carbons (Fsp3) is 0.227. The van der Waals surface area contributed by atoms with Crippen molar-refractivity contribution in [2.24, 2.45) is 0 Å². The molecule has 5 nitrogen and oxygen atoms in total. The van der Waals surface area contributed by atoms with Crippen molar-refractivity contribution in [3.63, 3.8) is 0 Å². The van der Waals surface area contributed by atoms with Crippen LogP contribution in [-0.2, 0) is 20.4 Å². The molecule has 2 heterocycles. The number of ketones is 1. The van der Waals surface area contributed by atoms with Crippen molar-refractivity contribution in [3.8, 4) is 0 Å². The Morgan fingerprint density at radius 2 is 1.79 bits per heavy atom. The molecule has 0 radical (unpaired) electrons. The topological polar surface area (TPSA) is 79.0 Å². The number of fused-ring (bicyclic) bond motifs is 1. The number of Topliss-reactive ketones (excluding diaryl/α,β-unsaturated/α-hetero) is 1. The number of aromatic amines is 1. The second-order valence-corrected chi connectivity index (χ2v) is 9.18. The lowest BCUT2D eigenvalue weighted by Crippen LogP contribution is -2.42. The van der Waals surface area contributed by atoms with E-state index in [1.165, 1.54) is 0 Å². The molecule has 4 rings (SSSR count). The SMILES string of the molecule is O=C(CS(=O)(=O)Cc1c[nH]c2ccccc12)C1CC(c2ccccc2)=CCN1. The summed E-state index contributed by atoms with van der Waals surface area (Å²) >= 11 is 0. The average molecular weight is 394 g/mol. The van der Waals surface area contributed by atoms with Gasteiger partial charge in [0.05, 0.1) is 11.8 Å². The maximum Gasteiger partial charge on any atom is 0.165 e. The summed E-state index contributed by atoms with van der Waals surface area (Å²) in [5.41, 5.74) is 3.74. The maximum absolute atomic E-state index is 12.7. The molecule has 3 aromatic rings. The van der Waals surface area contributed by atoms with E-state index < -0.39 is 21.6 Å². The van der Waals surface area contributed by atoms with Gasteiger partial charge in [0.25, 0.3) is 0 Å². The first-order chi connectivity index (χ1) is 13.5. The Morgan fingerprint density at radius 1 is 1.04 bits per heavy atom. The van der Waals surface area contributed by atoms with Gasteiger partial charge in [-0.15, -0.1) is 0 Å². The van der Waals surface area contributed by atoms with Gasteiger partial charge in [-0.05, 0) is 29.2 Å². The van der Waals surface area contributed by atoms with Crippen molar-refractivity contribution in [2.75, 3.05) is 12.3 Å². The normalized spacial score (nSPS) is 17.4. The van der Waals surface area contributed by atoms with Gasteiger partial charge in [-0.25, -0.2) is 8.42 Å². The number of benzene rings is 2. The lowest BCUT2D eigenvalue weighted by molar-refractivity contribution is -0.118. The number of aromatic nitrogens is 1. The molecule has 0 saturated heterocycles. The summed E-state index contributed by atoms with van der Waals surface area (Å²) < 4.78 is 25.3. The van der Waals surface area contributed by atoms with Gasteiger partial charge in [0.2, 0.25) is 0 Å². The van der Waals surface area contributed by atoms with Crippen LogP contribution in [0.5, 0.6) is 0 Å². The molecule has 1 atom stereocenters. The molecule has 144 valence electrons. The number of para-hydroxylation sites is 1. The second-order valence-electron chi connectivity index (χ2n) is 7.12. The molecule has 0 saturated carbocycles. The van der Waals surface area contributed by atoms with Gasteiger partial charge >= 0.3 is 0 Å². The van der Waals surface area contributed by atoms with Crippen LogP contribution in [0.15, 0.2) is 66.9 Å². The molecule has 2 aromatic carbocycles. The molecule has 0 aliphatic carbocycles. The van der Waals surface area contributed by atoms with Gasteiger partial charge in [0.1, 0.15) is 5.75 Å². The number of H-pyrrole nitrogens is 1. The van der Waals surface area contributed by atoms with E-state index in [1.807, 2.05) is 54.6 Å². The highest BCUT2D eigenvalue weighted by Gasteiger charge is 2.27. The molecule has 0 fully saturated rings. The van der Waals surface area contributed by atoms with Crippen LogP contribution in [0.3, 0.4) is 0 Å². The van der Waals surface area contributed by atoms with E-state index in [4.69, 9.17) is 0 Å². The fourth-order valence-corrected chi connectivity index (χ4v) is 5.12. The van der Waals surface area contributed by atoms with Crippen molar-refractivity contribution in [3.05, 3.63) is 78.0 Å². The Balaban J connectivity index is 1.45. The number of rotatable bonds is 6. The van der Waals surface area contributed by atoms with Crippen molar-refractivity contribution in [2.45, 2.75) is 18.2 Å². The Labute approximate surface area is 164 Å². The first kappa shape index (κ1) is 18.7. The molecule has 0 spiro atoms. The Kier molecular flexibility index (Phi) is 5.15. The van der Waals surface area contributed by atoms with Gasteiger partial charge in [-0.1, -0.05) is 54.6 Å². The fourth-order valence-electron chi connectivity index (χ4n) is 3.67. The van der Waals surface area contributed by atoms with Gasteiger partial charge < -0.3 is 10.3 Å². The summed E-state index contributed by atoms with van der Waals surface area (Å²) in [5.74, 6) is -0.871. The molecule has 1 unspecified atom stereocenters. The minimum atomic E-state index is -3.56. The molecule has 0 bridgehead atoms. The number of carbonyl (C=O) groups excluding carboxylic acids is 1. The monoisotopic (exact) mass is 394 g/mol. The van der Waals surface area contributed by atoms with Crippen LogP contribution < -0.4 is 5.32 Å². The quantitative estimate of drug-likeness (QED) is 0.673. The zero-order valence-electron chi connectivity index (χ0n) is 15.4. The summed E-state index contributed by atoms with van der Waals surface area (Å²) in [6.45, 7) is 0.559. The smallest absolute Gasteiger partial charge is 0.165 e. The predicted octanol–water partition coefficient (Wildman–Crippen LogP) is 3.10. The van der Waals surface area contributed by atoms with Crippen molar-refractivity contribution in [1.29, 1.82) is 0 Å². The summed E-state index contributed by atoms with van der Waals surface area (Å²) in [4.78, 5) is 15.8. The summed E-state index contributed by atoms with van der Waals surface area (Å²) in [6.07, 6.45) is 4.27. The first-order valence-corrected chi connectivity index (χ1v) is 11.1. The van der Waals surface area contributed by atoms with Crippen LogP contribution in [0.1, 0.15) is 17.5 Å². The number of sulfone groups is 1.